The molecule has 2 N–H and O–H groups in total. The minimum absolute atomic E-state index is 0.0215. The zero-order valence-corrected chi connectivity index (χ0v) is 19.8. The number of nitrogens with zero attached hydrogens (tertiary/aromatic N) is 4. The van der Waals surface area contributed by atoms with E-state index >= 15 is 0 Å². The molecular weight excluding hydrogens is 460 g/mol. The first-order valence-corrected chi connectivity index (χ1v) is 12.0. The van der Waals surface area contributed by atoms with E-state index in [4.69, 9.17) is 9.72 Å². The predicted octanol–water partition coefficient (Wildman–Crippen LogP) is 4.92. The van der Waals surface area contributed by atoms with Crippen LogP contribution >= 0.6 is 0 Å². The van der Waals surface area contributed by atoms with Crippen LogP contribution in [0.4, 0.5) is 0 Å². The first kappa shape index (κ1) is 23.5. The van der Waals surface area contributed by atoms with E-state index in [0.29, 0.717) is 23.1 Å². The quantitative estimate of drug-likeness (QED) is 0.368. The number of aromatic nitrogens is 4. The lowest BCUT2D eigenvalue weighted by Gasteiger charge is -2.22. The Balaban J connectivity index is 1.56. The van der Waals surface area contributed by atoms with Crippen LogP contribution in [-0.2, 0) is 11.3 Å². The normalized spacial score (nSPS) is 14.1. The van der Waals surface area contributed by atoms with Gasteiger partial charge in [-0.3, -0.25) is 4.79 Å². The van der Waals surface area contributed by atoms with Crippen molar-refractivity contribution in [1.29, 1.82) is 0 Å². The van der Waals surface area contributed by atoms with Gasteiger partial charge in [0.25, 0.3) is 11.8 Å². The number of aromatic carboxylic acids is 1. The maximum atomic E-state index is 11.6. The highest BCUT2D eigenvalue weighted by atomic mass is 16.5. The molecule has 2 aromatic heterocycles. The molecule has 0 saturated heterocycles. The van der Waals surface area contributed by atoms with E-state index in [1.54, 1.807) is 18.2 Å². The van der Waals surface area contributed by atoms with Gasteiger partial charge >= 0.3 is 11.9 Å². The molecule has 9 heteroatoms. The lowest BCUT2D eigenvalue weighted by molar-refractivity contribution is -0.132. The number of fused-ring (bicyclic) bond motifs is 1. The molecule has 0 unspecified atom stereocenters. The van der Waals surface area contributed by atoms with Gasteiger partial charge in [-0.05, 0) is 35.6 Å². The first-order chi connectivity index (χ1) is 17.4. The van der Waals surface area contributed by atoms with Crippen LogP contribution in [-0.4, -0.2) is 41.9 Å². The van der Waals surface area contributed by atoms with Crippen molar-refractivity contribution in [2.75, 3.05) is 0 Å². The molecule has 0 bridgehead atoms. The molecular formula is C27H26N4O5. The number of ether oxygens (including phenoxy) is 1. The minimum Gasteiger partial charge on any atom is -0.491 e. The van der Waals surface area contributed by atoms with Gasteiger partial charge in [0, 0.05) is 19.4 Å². The highest BCUT2D eigenvalue weighted by Crippen LogP contribution is 2.38. The molecule has 2 heterocycles. The molecule has 4 aromatic rings. The summed E-state index contributed by atoms with van der Waals surface area (Å²) in [6.45, 7) is 1.69. The monoisotopic (exact) mass is 486 g/mol. The van der Waals surface area contributed by atoms with Crippen molar-refractivity contribution in [2.45, 2.75) is 51.5 Å². The van der Waals surface area contributed by atoms with Crippen molar-refractivity contribution >= 4 is 23.0 Å². The van der Waals surface area contributed by atoms with Gasteiger partial charge < -0.3 is 19.5 Å². The molecule has 5 rings (SSSR count). The number of carboxylic acid groups (broad SMARTS) is 1. The van der Waals surface area contributed by atoms with Crippen molar-refractivity contribution < 1.29 is 24.5 Å². The van der Waals surface area contributed by atoms with E-state index in [1.807, 2.05) is 34.9 Å². The summed E-state index contributed by atoms with van der Waals surface area (Å²) >= 11 is 0. The van der Waals surface area contributed by atoms with Crippen molar-refractivity contribution in [3.05, 3.63) is 65.5 Å². The van der Waals surface area contributed by atoms with Crippen LogP contribution in [0, 0.1) is 0 Å². The van der Waals surface area contributed by atoms with Crippen LogP contribution in [0.25, 0.3) is 22.2 Å². The predicted molar refractivity (Wildman–Crippen MR) is 132 cm³/mol. The number of carboxylic acids is 1. The van der Waals surface area contributed by atoms with Gasteiger partial charge in [-0.15, -0.1) is 10.2 Å². The topological polar surface area (TPSA) is 127 Å². The summed E-state index contributed by atoms with van der Waals surface area (Å²) < 4.78 is 7.17. The van der Waals surface area contributed by atoms with Crippen LogP contribution in [0.2, 0.25) is 0 Å². The fourth-order valence-corrected chi connectivity index (χ4v) is 4.96. The average Bonchev–Trinajstić information content (AvgIpc) is 3.27. The minimum atomic E-state index is -0.975. The van der Waals surface area contributed by atoms with E-state index < -0.39 is 11.9 Å². The fraction of sp³-hybridized carbons (Fsp3) is 0.296. The number of imidazole rings is 1. The third kappa shape index (κ3) is 4.51. The Morgan fingerprint density at radius 2 is 1.75 bits per heavy atom. The molecule has 0 aliphatic heterocycles. The number of aromatic hydroxyl groups is 1. The Hall–Kier alpha value is -4.27. The molecule has 0 spiro atoms. The standard InChI is InChI=1S/C27H26N4O5/c1-16(32)36-26-22-23(25(33)29-30-26)31(24(28-22)19-7-3-2-4-8-19)15-17-11-13-18(14-12-17)20-9-5-6-10-21(20)27(34)35/h5-6,9-14,19H,2-4,7-8,15H2,1H3,(H,29,33)(H,34,35). The second-order valence-corrected chi connectivity index (χ2v) is 9.06. The molecule has 0 radical (unpaired) electrons. The third-order valence-electron chi connectivity index (χ3n) is 6.62. The maximum absolute atomic E-state index is 11.6. The van der Waals surface area contributed by atoms with Gasteiger partial charge in [0.05, 0.1) is 5.56 Å². The number of hydrogen-bond donors (Lipinski definition) is 2. The van der Waals surface area contributed by atoms with Crippen molar-refractivity contribution in [2.24, 2.45) is 0 Å². The van der Waals surface area contributed by atoms with E-state index in [-0.39, 0.29) is 23.2 Å². The van der Waals surface area contributed by atoms with E-state index in [2.05, 4.69) is 10.2 Å². The van der Waals surface area contributed by atoms with Gasteiger partial charge in [-0.2, -0.15) is 0 Å². The highest BCUT2D eigenvalue weighted by Gasteiger charge is 2.27. The second-order valence-electron chi connectivity index (χ2n) is 9.06. The smallest absolute Gasteiger partial charge is 0.336 e. The number of rotatable bonds is 6. The largest absolute Gasteiger partial charge is 0.491 e. The number of carbonyl (C=O) groups is 2. The molecule has 1 aliphatic rings. The Morgan fingerprint density at radius 3 is 2.44 bits per heavy atom. The number of esters is 1. The van der Waals surface area contributed by atoms with Crippen LogP contribution in [0.15, 0.2) is 48.5 Å². The van der Waals surface area contributed by atoms with Crippen molar-refractivity contribution in [3.8, 4) is 22.9 Å². The zero-order chi connectivity index (χ0) is 25.2. The third-order valence-corrected chi connectivity index (χ3v) is 6.62. The van der Waals surface area contributed by atoms with Gasteiger partial charge in [0.15, 0.2) is 5.52 Å². The molecule has 1 aliphatic carbocycles. The zero-order valence-electron chi connectivity index (χ0n) is 19.8. The summed E-state index contributed by atoms with van der Waals surface area (Å²) in [5.41, 5.74) is 3.31. The molecule has 0 atom stereocenters. The lowest BCUT2D eigenvalue weighted by Crippen LogP contribution is -2.13. The molecule has 2 aromatic carbocycles. The number of benzene rings is 2. The summed E-state index contributed by atoms with van der Waals surface area (Å²) in [5, 5.41) is 27.8. The van der Waals surface area contributed by atoms with Crippen LogP contribution in [0.5, 0.6) is 11.8 Å². The van der Waals surface area contributed by atoms with E-state index in [1.165, 1.54) is 13.3 Å². The Morgan fingerprint density at radius 1 is 1.03 bits per heavy atom. The maximum Gasteiger partial charge on any atom is 0.336 e. The molecule has 9 nitrogen and oxygen atoms in total. The van der Waals surface area contributed by atoms with Crippen molar-refractivity contribution in [3.63, 3.8) is 0 Å². The van der Waals surface area contributed by atoms with E-state index in [9.17, 15) is 19.8 Å². The molecule has 1 fully saturated rings. The Labute approximate surface area is 207 Å². The van der Waals surface area contributed by atoms with Crippen LogP contribution < -0.4 is 4.74 Å². The summed E-state index contributed by atoms with van der Waals surface area (Å²) in [6.07, 6.45) is 5.36. The van der Waals surface area contributed by atoms with Gasteiger partial charge in [-0.25, -0.2) is 9.78 Å². The van der Waals surface area contributed by atoms with Crippen LogP contribution in [0.3, 0.4) is 0 Å². The average molecular weight is 487 g/mol. The molecule has 184 valence electrons. The Bertz CT molecular complexity index is 1440. The van der Waals surface area contributed by atoms with Gasteiger partial charge in [0.2, 0.25) is 0 Å². The highest BCUT2D eigenvalue weighted by molar-refractivity contribution is 5.96. The first-order valence-electron chi connectivity index (χ1n) is 12.0. The molecule has 36 heavy (non-hydrogen) atoms. The summed E-state index contributed by atoms with van der Waals surface area (Å²) in [4.78, 5) is 28.1. The fourth-order valence-electron chi connectivity index (χ4n) is 4.96. The Kier molecular flexibility index (Phi) is 6.37. The van der Waals surface area contributed by atoms with Crippen molar-refractivity contribution in [1.82, 2.24) is 19.7 Å². The summed E-state index contributed by atoms with van der Waals surface area (Å²) in [5.74, 6) is -0.797. The number of carbonyl (C=O) groups excluding carboxylic acids is 1. The van der Waals surface area contributed by atoms with Gasteiger partial charge in [-0.1, -0.05) is 61.7 Å². The molecule has 0 amide bonds. The number of hydrogen-bond acceptors (Lipinski definition) is 7. The summed E-state index contributed by atoms with van der Waals surface area (Å²) in [6, 6.07) is 14.5. The lowest BCUT2D eigenvalue weighted by atomic mass is 9.88. The second kappa shape index (κ2) is 9.77. The SMILES string of the molecule is CC(=O)Oc1nnc(O)c2c1nc(C1CCCCC1)n2Cc1ccc(-c2ccccc2C(=O)O)cc1. The molecule has 1 saturated carbocycles. The van der Waals surface area contributed by atoms with Gasteiger partial charge in [0.1, 0.15) is 11.3 Å². The van der Waals surface area contributed by atoms with Crippen LogP contribution in [0.1, 0.15) is 66.7 Å². The van der Waals surface area contributed by atoms with E-state index in [0.717, 1.165) is 42.6 Å². The summed E-state index contributed by atoms with van der Waals surface area (Å²) in [7, 11) is 0.